The molecule has 2 heterocycles. The van der Waals surface area contributed by atoms with Gasteiger partial charge in [0, 0.05) is 31.0 Å². The van der Waals surface area contributed by atoms with Crippen molar-refractivity contribution >= 4 is 0 Å². The molecule has 9 nitrogen and oxygen atoms in total. The highest BCUT2D eigenvalue weighted by atomic mass is 16.5. The van der Waals surface area contributed by atoms with Crippen LogP contribution < -0.4 is 21.1 Å². The van der Waals surface area contributed by atoms with Gasteiger partial charge >= 0.3 is 0 Å². The average Bonchev–Trinajstić information content (AvgIpc) is 3.49. The fourth-order valence-electron chi connectivity index (χ4n) is 5.56. The molecule has 1 aliphatic heterocycles. The number of aromatic amines is 1. The molecule has 3 rings (SSSR count). The second-order valence-electron chi connectivity index (χ2n) is 12.0. The maximum atomic E-state index is 10.6. The monoisotopic (exact) mass is 598 g/mol. The van der Waals surface area contributed by atoms with E-state index < -0.39 is 18.3 Å². The maximum absolute atomic E-state index is 10.6. The first-order valence-corrected chi connectivity index (χ1v) is 16.0. The third-order valence-electron chi connectivity index (χ3n) is 8.08. The van der Waals surface area contributed by atoms with E-state index in [2.05, 4.69) is 34.7 Å². The fourth-order valence-corrected chi connectivity index (χ4v) is 5.56. The summed E-state index contributed by atoms with van der Waals surface area (Å²) in [6.07, 6.45) is 12.1. The van der Waals surface area contributed by atoms with Crippen LogP contribution in [-0.2, 0) is 12.8 Å². The van der Waals surface area contributed by atoms with Gasteiger partial charge in [-0.15, -0.1) is 0 Å². The largest absolute Gasteiger partial charge is 0.504 e. The lowest BCUT2D eigenvalue weighted by molar-refractivity contribution is 0.0678. The number of nitrogens with two attached hydrogens (primary N) is 1. The number of allylic oxidation sites excluding steroid dienone is 2. The number of nitrogens with one attached hydrogen (secondary N) is 3. The molecule has 1 aromatic heterocycles. The van der Waals surface area contributed by atoms with E-state index in [9.17, 15) is 20.4 Å². The molecule has 0 bridgehead atoms. The number of aryl methyl sites for hydroxylation is 1. The molecule has 0 unspecified atom stereocenters. The number of ether oxygens (including phenoxy) is 1. The first-order chi connectivity index (χ1) is 20.7. The zero-order valence-electron chi connectivity index (χ0n) is 26.0. The zero-order valence-corrected chi connectivity index (χ0v) is 26.0. The van der Waals surface area contributed by atoms with E-state index in [0.717, 1.165) is 49.8 Å². The number of benzene rings is 1. The molecule has 240 valence electrons. The highest BCUT2D eigenvalue weighted by Crippen LogP contribution is 2.29. The Labute approximate surface area is 257 Å². The van der Waals surface area contributed by atoms with Crippen molar-refractivity contribution in [2.45, 2.75) is 102 Å². The van der Waals surface area contributed by atoms with Crippen molar-refractivity contribution in [1.82, 2.24) is 15.6 Å². The Morgan fingerprint density at radius 2 is 1.86 bits per heavy atom. The lowest BCUT2D eigenvalue weighted by Crippen LogP contribution is -2.35. The third kappa shape index (κ3) is 13.0. The van der Waals surface area contributed by atoms with E-state index in [1.165, 1.54) is 5.57 Å². The quantitative estimate of drug-likeness (QED) is 0.107. The summed E-state index contributed by atoms with van der Waals surface area (Å²) in [7, 11) is 0. The van der Waals surface area contributed by atoms with E-state index in [1.807, 2.05) is 30.5 Å². The van der Waals surface area contributed by atoms with Crippen LogP contribution in [0, 0.1) is 5.92 Å². The summed E-state index contributed by atoms with van der Waals surface area (Å²) >= 11 is 0. The van der Waals surface area contributed by atoms with Crippen LogP contribution in [0.1, 0.15) is 76.5 Å². The fraction of sp³-hybridized carbons (Fsp3) is 0.588. The lowest BCUT2D eigenvalue weighted by atomic mass is 9.89. The Morgan fingerprint density at radius 3 is 2.58 bits per heavy atom. The number of aliphatic hydroxyl groups excluding tert-OH is 3. The van der Waals surface area contributed by atoms with Gasteiger partial charge in [0.2, 0.25) is 0 Å². The van der Waals surface area contributed by atoms with Crippen LogP contribution in [0.5, 0.6) is 11.5 Å². The summed E-state index contributed by atoms with van der Waals surface area (Å²) in [6, 6.07) is 9.65. The van der Waals surface area contributed by atoms with Crippen molar-refractivity contribution in [1.29, 1.82) is 0 Å². The van der Waals surface area contributed by atoms with Crippen LogP contribution in [0.15, 0.2) is 60.1 Å². The van der Waals surface area contributed by atoms with Gasteiger partial charge in [-0.05, 0) is 106 Å². The van der Waals surface area contributed by atoms with E-state index in [0.29, 0.717) is 57.0 Å². The zero-order chi connectivity index (χ0) is 31.0. The number of aliphatic hydroxyl groups is 3. The number of unbranched alkanes of at least 4 members (excludes halogenated alkanes) is 1. The van der Waals surface area contributed by atoms with Crippen molar-refractivity contribution in [2.24, 2.45) is 11.7 Å². The van der Waals surface area contributed by atoms with Crippen molar-refractivity contribution in [2.75, 3.05) is 19.7 Å². The molecule has 0 fully saturated rings. The number of dihydropyridines is 1. The second-order valence-corrected chi connectivity index (χ2v) is 12.0. The molecule has 2 aromatic rings. The van der Waals surface area contributed by atoms with Crippen LogP contribution in [0.2, 0.25) is 0 Å². The Morgan fingerprint density at radius 1 is 1.05 bits per heavy atom. The molecule has 0 spiro atoms. The molecule has 9 heteroatoms. The molecule has 1 aliphatic rings. The minimum absolute atomic E-state index is 0.0905. The molecule has 9 N–H and O–H groups in total. The van der Waals surface area contributed by atoms with Crippen LogP contribution in [0.25, 0.3) is 0 Å². The molecule has 43 heavy (non-hydrogen) atoms. The lowest BCUT2D eigenvalue weighted by Gasteiger charge is -2.22. The number of phenols is 1. The van der Waals surface area contributed by atoms with Gasteiger partial charge in [-0.25, -0.2) is 0 Å². The number of rotatable bonds is 21. The van der Waals surface area contributed by atoms with Gasteiger partial charge in [-0.3, -0.25) is 0 Å². The van der Waals surface area contributed by atoms with Crippen molar-refractivity contribution in [3.05, 3.63) is 71.3 Å². The van der Waals surface area contributed by atoms with Crippen LogP contribution >= 0.6 is 0 Å². The Kier molecular flexibility index (Phi) is 15.0. The molecule has 1 aromatic carbocycles. The molecule has 5 atom stereocenters. The molecule has 0 aliphatic carbocycles. The van der Waals surface area contributed by atoms with Gasteiger partial charge in [0.1, 0.15) is 0 Å². The number of phenolic OH excluding ortho intramolecular Hbond substituents is 1. The van der Waals surface area contributed by atoms with Crippen molar-refractivity contribution in [3.63, 3.8) is 0 Å². The Balaban J connectivity index is 1.46. The molecule has 0 amide bonds. The number of hydrogen-bond donors (Lipinski definition) is 8. The number of aromatic nitrogens is 1. The number of H-pyrrole nitrogens is 1. The number of hydrogen-bond acceptors (Lipinski definition) is 8. The molecule has 0 radical (unpaired) electrons. The Hall–Kier alpha value is -2.98. The predicted octanol–water partition coefficient (Wildman–Crippen LogP) is 4.03. The van der Waals surface area contributed by atoms with Crippen LogP contribution in [0.3, 0.4) is 0 Å². The molecule has 0 saturated carbocycles. The minimum Gasteiger partial charge on any atom is -0.504 e. The SMILES string of the molecule is CCCC[C@H](CC[C@H](O)C[C@H](O)CCc1ccc(O)c(OCC[C@H](Cc2ccc[nH]2)C2=CCNC(N)=C2)c1)NC[C@H](C)O. The molecule has 0 saturated heterocycles. The first-order valence-electron chi connectivity index (χ1n) is 16.0. The highest BCUT2D eigenvalue weighted by molar-refractivity contribution is 5.42. The summed E-state index contributed by atoms with van der Waals surface area (Å²) in [4.78, 5) is 3.28. The first kappa shape index (κ1) is 34.5. The number of aromatic hydroxyl groups is 1. The third-order valence-corrected chi connectivity index (χ3v) is 8.08. The summed E-state index contributed by atoms with van der Waals surface area (Å²) in [5, 5.41) is 47.7. The van der Waals surface area contributed by atoms with Gasteiger partial charge in [-0.1, -0.05) is 31.9 Å². The topological polar surface area (TPSA) is 156 Å². The summed E-state index contributed by atoms with van der Waals surface area (Å²) < 4.78 is 6.05. The van der Waals surface area contributed by atoms with Gasteiger partial charge < -0.3 is 46.5 Å². The van der Waals surface area contributed by atoms with Crippen molar-refractivity contribution < 1.29 is 25.2 Å². The smallest absolute Gasteiger partial charge is 0.161 e. The van der Waals surface area contributed by atoms with Crippen molar-refractivity contribution in [3.8, 4) is 11.5 Å². The van der Waals surface area contributed by atoms with Gasteiger partial charge in [0.15, 0.2) is 11.5 Å². The molecular weight excluding hydrogens is 544 g/mol. The van der Waals surface area contributed by atoms with E-state index in [-0.39, 0.29) is 17.7 Å². The van der Waals surface area contributed by atoms with Gasteiger partial charge in [0.25, 0.3) is 0 Å². The van der Waals surface area contributed by atoms with E-state index in [4.69, 9.17) is 10.5 Å². The van der Waals surface area contributed by atoms with Gasteiger partial charge in [0.05, 0.1) is 30.7 Å². The van der Waals surface area contributed by atoms with E-state index >= 15 is 0 Å². The van der Waals surface area contributed by atoms with Crippen LogP contribution in [0.4, 0.5) is 0 Å². The normalized spacial score (nSPS) is 16.9. The van der Waals surface area contributed by atoms with Crippen LogP contribution in [-0.4, -0.2) is 69.5 Å². The Bertz CT molecular complexity index is 1120. The average molecular weight is 599 g/mol. The standard InChI is InChI=1S/C34H54N4O5/c1-3-4-6-28(38-23-24(2)39)10-12-31(41)22-30(40)11-8-25-9-13-32(42)33(19-25)43-18-15-27(20-29-7-5-16-36-29)26-14-17-37-34(35)21-26/h5,7,9,13-14,16,19,21,24,27-28,30-31,36-42H,3-4,6,8,10-12,15,17-18,20,22-23,35H2,1-2H3/t24-,27+,28+,30+,31-/m0/s1. The highest BCUT2D eigenvalue weighted by Gasteiger charge is 2.19. The minimum atomic E-state index is -0.625. The second kappa shape index (κ2) is 18.6. The summed E-state index contributed by atoms with van der Waals surface area (Å²) in [6.45, 7) is 5.60. The summed E-state index contributed by atoms with van der Waals surface area (Å²) in [5.74, 6) is 1.40. The predicted molar refractivity (Wildman–Crippen MR) is 172 cm³/mol. The van der Waals surface area contributed by atoms with Gasteiger partial charge in [-0.2, -0.15) is 0 Å². The maximum Gasteiger partial charge on any atom is 0.161 e. The molecular formula is C34H54N4O5. The van der Waals surface area contributed by atoms with E-state index in [1.54, 1.807) is 13.0 Å². The summed E-state index contributed by atoms with van der Waals surface area (Å²) in [5.41, 5.74) is 9.31.